The maximum absolute atomic E-state index is 12.2. The molecular weight excluding hydrogens is 321 g/mol. The van der Waals surface area contributed by atoms with E-state index in [4.69, 9.17) is 27.9 Å². The zero-order chi connectivity index (χ0) is 15.9. The summed E-state index contributed by atoms with van der Waals surface area (Å²) >= 11 is 11.5. The van der Waals surface area contributed by atoms with Gasteiger partial charge in [0, 0.05) is 24.0 Å². The van der Waals surface area contributed by atoms with Crippen LogP contribution in [0.25, 0.3) is 0 Å². The van der Waals surface area contributed by atoms with E-state index in [1.807, 2.05) is 6.08 Å². The minimum absolute atomic E-state index is 0.237. The van der Waals surface area contributed by atoms with Crippen molar-refractivity contribution in [1.82, 2.24) is 4.90 Å². The van der Waals surface area contributed by atoms with Crippen LogP contribution >= 0.6 is 23.2 Å². The lowest BCUT2D eigenvalue weighted by Crippen LogP contribution is -2.40. The van der Waals surface area contributed by atoms with Gasteiger partial charge in [0.25, 0.3) is 0 Å². The fourth-order valence-corrected chi connectivity index (χ4v) is 2.98. The number of carbonyl (C=O) groups is 1. The van der Waals surface area contributed by atoms with Crippen molar-refractivity contribution in [2.24, 2.45) is 5.92 Å². The predicted octanol–water partition coefficient (Wildman–Crippen LogP) is 5.12. The molecule has 0 atom stereocenters. The van der Waals surface area contributed by atoms with Crippen LogP contribution in [0.5, 0.6) is 5.75 Å². The lowest BCUT2D eigenvalue weighted by Gasteiger charge is -2.33. The van der Waals surface area contributed by atoms with Gasteiger partial charge in [0.15, 0.2) is 0 Å². The first-order valence-electron chi connectivity index (χ1n) is 7.53. The van der Waals surface area contributed by atoms with Crippen molar-refractivity contribution in [2.45, 2.75) is 31.7 Å². The Kier molecular flexibility index (Phi) is 6.59. The Morgan fingerprint density at radius 2 is 1.91 bits per heavy atom. The molecule has 0 N–H and O–H groups in total. The Balaban J connectivity index is 1.84. The first kappa shape index (κ1) is 17.2. The molecule has 120 valence electrons. The summed E-state index contributed by atoms with van der Waals surface area (Å²) in [4.78, 5) is 13.9. The van der Waals surface area contributed by atoms with Crippen molar-refractivity contribution >= 4 is 29.3 Å². The zero-order valence-corrected chi connectivity index (χ0v) is 14.2. The van der Waals surface area contributed by atoms with Gasteiger partial charge in [-0.2, -0.15) is 0 Å². The van der Waals surface area contributed by atoms with Gasteiger partial charge >= 0.3 is 6.09 Å². The van der Waals surface area contributed by atoms with E-state index in [2.05, 4.69) is 6.08 Å². The number of amides is 1. The molecule has 0 bridgehead atoms. The van der Waals surface area contributed by atoms with Crippen LogP contribution in [0.2, 0.25) is 5.02 Å². The molecule has 2 rings (SSSR count). The first-order valence-corrected chi connectivity index (χ1v) is 8.44. The molecule has 0 aromatic heterocycles. The third kappa shape index (κ3) is 4.92. The van der Waals surface area contributed by atoms with Crippen LogP contribution in [0, 0.1) is 5.92 Å². The molecule has 1 amide bonds. The topological polar surface area (TPSA) is 29.5 Å². The average Bonchev–Trinajstić information content (AvgIpc) is 2.55. The Hall–Kier alpha value is -1.19. The number of nitrogens with zero attached hydrogens (tertiary/aromatic N) is 1. The largest absolute Gasteiger partial charge is 0.415 e. The third-order valence-corrected chi connectivity index (χ3v) is 4.52. The molecule has 0 unspecified atom stereocenters. The SMILES string of the molecule is CN(C(=O)Oc1ccc(Cl)cc1)[C@H]1CC[C@H](/C=C/CCl)CC1. The predicted molar refractivity (Wildman–Crippen MR) is 90.8 cm³/mol. The summed E-state index contributed by atoms with van der Waals surface area (Å²) in [6, 6.07) is 7.04. The molecule has 0 spiro atoms. The highest BCUT2D eigenvalue weighted by atomic mass is 35.5. The highest BCUT2D eigenvalue weighted by molar-refractivity contribution is 6.30. The van der Waals surface area contributed by atoms with Crippen LogP contribution in [0.15, 0.2) is 36.4 Å². The molecule has 3 nitrogen and oxygen atoms in total. The maximum atomic E-state index is 12.2. The number of alkyl halides is 1. The number of benzene rings is 1. The maximum Gasteiger partial charge on any atom is 0.415 e. The van der Waals surface area contributed by atoms with Gasteiger partial charge in [0.2, 0.25) is 0 Å². The van der Waals surface area contributed by atoms with E-state index in [0.717, 1.165) is 25.7 Å². The second kappa shape index (κ2) is 8.44. The highest BCUT2D eigenvalue weighted by Crippen LogP contribution is 2.28. The van der Waals surface area contributed by atoms with Crippen LogP contribution in [-0.2, 0) is 0 Å². The van der Waals surface area contributed by atoms with Gasteiger partial charge in [-0.25, -0.2) is 4.79 Å². The van der Waals surface area contributed by atoms with Crippen LogP contribution in [0.1, 0.15) is 25.7 Å². The molecule has 0 saturated heterocycles. The van der Waals surface area contributed by atoms with Crippen LogP contribution < -0.4 is 4.74 Å². The number of hydrogen-bond acceptors (Lipinski definition) is 2. The molecule has 1 fully saturated rings. The minimum Gasteiger partial charge on any atom is -0.410 e. The molecule has 5 heteroatoms. The molecule has 0 heterocycles. The van der Waals surface area contributed by atoms with Crippen LogP contribution in [-0.4, -0.2) is 30.0 Å². The second-order valence-corrected chi connectivity index (χ2v) is 6.33. The summed E-state index contributed by atoms with van der Waals surface area (Å²) in [7, 11) is 1.80. The summed E-state index contributed by atoms with van der Waals surface area (Å²) in [6.45, 7) is 0. The molecular formula is C17H21Cl2NO2. The zero-order valence-electron chi connectivity index (χ0n) is 12.7. The van der Waals surface area contributed by atoms with Crippen LogP contribution in [0.3, 0.4) is 0 Å². The van der Waals surface area contributed by atoms with Crippen molar-refractivity contribution in [3.05, 3.63) is 41.4 Å². The fourth-order valence-electron chi connectivity index (χ4n) is 2.75. The number of ether oxygens (including phenoxy) is 1. The smallest absolute Gasteiger partial charge is 0.410 e. The second-order valence-electron chi connectivity index (χ2n) is 5.58. The highest BCUT2D eigenvalue weighted by Gasteiger charge is 2.26. The van der Waals surface area contributed by atoms with Gasteiger partial charge in [-0.3, -0.25) is 0 Å². The van der Waals surface area contributed by atoms with Crippen molar-refractivity contribution in [3.8, 4) is 5.75 Å². The van der Waals surface area contributed by atoms with Crippen molar-refractivity contribution in [2.75, 3.05) is 12.9 Å². The number of rotatable bonds is 4. The molecule has 0 aliphatic heterocycles. The van der Waals surface area contributed by atoms with E-state index < -0.39 is 0 Å². The lowest BCUT2D eigenvalue weighted by molar-refractivity contribution is 0.128. The van der Waals surface area contributed by atoms with E-state index in [0.29, 0.717) is 22.6 Å². The van der Waals surface area contributed by atoms with Crippen LogP contribution in [0.4, 0.5) is 4.79 Å². The molecule has 1 saturated carbocycles. The minimum atomic E-state index is -0.318. The molecule has 22 heavy (non-hydrogen) atoms. The van der Waals surface area contributed by atoms with Crippen molar-refractivity contribution in [3.63, 3.8) is 0 Å². The Bertz CT molecular complexity index is 508. The summed E-state index contributed by atoms with van der Waals surface area (Å²) in [5.41, 5.74) is 0. The summed E-state index contributed by atoms with van der Waals surface area (Å²) < 4.78 is 5.37. The number of carbonyl (C=O) groups excluding carboxylic acids is 1. The fraction of sp³-hybridized carbons (Fsp3) is 0.471. The summed E-state index contributed by atoms with van der Waals surface area (Å²) in [6.07, 6.45) is 8.02. The number of hydrogen-bond donors (Lipinski definition) is 0. The van der Waals surface area contributed by atoms with Crippen molar-refractivity contribution in [1.29, 1.82) is 0 Å². The monoisotopic (exact) mass is 341 g/mol. The summed E-state index contributed by atoms with van der Waals surface area (Å²) in [5.74, 6) is 1.66. The van der Waals surface area contributed by atoms with Gasteiger partial charge < -0.3 is 9.64 Å². The quantitative estimate of drug-likeness (QED) is 0.561. The van der Waals surface area contributed by atoms with E-state index in [1.165, 1.54) is 0 Å². The third-order valence-electron chi connectivity index (χ3n) is 4.09. The molecule has 1 aromatic carbocycles. The van der Waals surface area contributed by atoms with E-state index in [1.54, 1.807) is 36.2 Å². The van der Waals surface area contributed by atoms with Gasteiger partial charge in [0.1, 0.15) is 5.75 Å². The van der Waals surface area contributed by atoms with E-state index in [9.17, 15) is 4.79 Å². The average molecular weight is 342 g/mol. The Labute approximate surface area is 141 Å². The first-order chi connectivity index (χ1) is 10.6. The Morgan fingerprint density at radius 3 is 2.50 bits per heavy atom. The standard InChI is InChI=1S/C17H21Cl2NO2/c1-20(15-8-4-13(5-9-15)3-2-12-18)17(21)22-16-10-6-14(19)7-11-16/h2-3,6-7,10-11,13,15H,4-5,8-9,12H2,1H3/b3-2+/t13-,15-. The van der Waals surface area contributed by atoms with E-state index in [-0.39, 0.29) is 12.1 Å². The number of halogens is 2. The van der Waals surface area contributed by atoms with Gasteiger partial charge in [-0.05, 0) is 55.9 Å². The summed E-state index contributed by atoms with van der Waals surface area (Å²) in [5, 5.41) is 0.622. The Morgan fingerprint density at radius 1 is 1.27 bits per heavy atom. The van der Waals surface area contributed by atoms with E-state index >= 15 is 0 Å². The lowest BCUT2D eigenvalue weighted by atomic mass is 9.85. The van der Waals surface area contributed by atoms with Gasteiger partial charge in [0.05, 0.1) is 0 Å². The molecule has 1 aliphatic carbocycles. The molecule has 0 radical (unpaired) electrons. The molecule has 1 aromatic rings. The normalized spacial score (nSPS) is 21.8. The molecule has 1 aliphatic rings. The van der Waals surface area contributed by atoms with Crippen molar-refractivity contribution < 1.29 is 9.53 Å². The van der Waals surface area contributed by atoms with Gasteiger partial charge in [-0.15, -0.1) is 11.6 Å². The van der Waals surface area contributed by atoms with Gasteiger partial charge in [-0.1, -0.05) is 23.8 Å². The number of allylic oxidation sites excluding steroid dienone is 2.